The molecule has 1 fully saturated rings. The Kier molecular flexibility index (Phi) is 4.91. The van der Waals surface area contributed by atoms with E-state index in [1.54, 1.807) is 6.33 Å². The smallest absolute Gasteiger partial charge is 0.131 e. The second-order valence-electron chi connectivity index (χ2n) is 6.61. The highest BCUT2D eigenvalue weighted by molar-refractivity contribution is 5.38. The van der Waals surface area contributed by atoms with Crippen molar-refractivity contribution in [2.24, 2.45) is 13.0 Å². The third-order valence-electron chi connectivity index (χ3n) is 4.55. The van der Waals surface area contributed by atoms with E-state index in [4.69, 9.17) is 0 Å². The number of piperidine rings is 1. The molecule has 1 atom stereocenters. The minimum absolute atomic E-state index is 0.130. The van der Waals surface area contributed by atoms with E-state index >= 15 is 0 Å². The molecule has 3 heterocycles. The Morgan fingerprint density at radius 3 is 2.65 bits per heavy atom. The summed E-state index contributed by atoms with van der Waals surface area (Å²) in [4.78, 5) is 13.4. The van der Waals surface area contributed by atoms with Crippen molar-refractivity contribution < 1.29 is 0 Å². The van der Waals surface area contributed by atoms with Gasteiger partial charge >= 0.3 is 0 Å². The van der Waals surface area contributed by atoms with Gasteiger partial charge in [0.1, 0.15) is 18.0 Å². The predicted octanol–water partition coefficient (Wildman–Crippen LogP) is 2.49. The van der Waals surface area contributed by atoms with Crippen LogP contribution in [0.4, 0.5) is 5.82 Å². The van der Waals surface area contributed by atoms with Crippen LogP contribution < -0.4 is 10.6 Å². The van der Waals surface area contributed by atoms with Gasteiger partial charge in [-0.05, 0) is 31.8 Å². The van der Waals surface area contributed by atoms with Crippen LogP contribution in [-0.4, -0.2) is 32.6 Å². The van der Waals surface area contributed by atoms with E-state index in [1.807, 2.05) is 19.4 Å². The summed E-state index contributed by atoms with van der Waals surface area (Å²) in [6, 6.07) is 2.24. The zero-order chi connectivity index (χ0) is 16.2. The molecule has 3 rings (SSSR count). The molecule has 0 aliphatic carbocycles. The molecule has 1 aliphatic heterocycles. The minimum Gasteiger partial charge on any atom is -0.360 e. The molecule has 2 aromatic heterocycles. The van der Waals surface area contributed by atoms with Crippen molar-refractivity contribution in [2.75, 3.05) is 18.4 Å². The first kappa shape index (κ1) is 15.9. The van der Waals surface area contributed by atoms with Gasteiger partial charge in [-0.3, -0.25) is 0 Å². The SMILES string of the molecule is CC(C)C(Nc1cc(C2CCNCC2)ncn1)c1nccn1C. The number of nitrogens with one attached hydrogen (secondary N) is 2. The van der Waals surface area contributed by atoms with Crippen LogP contribution in [0, 0.1) is 5.92 Å². The zero-order valence-corrected chi connectivity index (χ0v) is 14.2. The van der Waals surface area contributed by atoms with Gasteiger partial charge in [0.25, 0.3) is 0 Å². The maximum absolute atomic E-state index is 4.50. The molecule has 0 aromatic carbocycles. The second-order valence-corrected chi connectivity index (χ2v) is 6.61. The van der Waals surface area contributed by atoms with Gasteiger partial charge in [0.05, 0.1) is 6.04 Å². The van der Waals surface area contributed by atoms with Crippen molar-refractivity contribution in [3.63, 3.8) is 0 Å². The van der Waals surface area contributed by atoms with Gasteiger partial charge in [-0.25, -0.2) is 15.0 Å². The fourth-order valence-corrected chi connectivity index (χ4v) is 3.16. The monoisotopic (exact) mass is 314 g/mol. The Morgan fingerprint density at radius 2 is 2.00 bits per heavy atom. The first-order valence-electron chi connectivity index (χ1n) is 8.41. The Morgan fingerprint density at radius 1 is 1.22 bits per heavy atom. The number of nitrogens with zero attached hydrogens (tertiary/aromatic N) is 4. The highest BCUT2D eigenvalue weighted by atomic mass is 15.1. The Bertz CT molecular complexity index is 630. The van der Waals surface area contributed by atoms with Crippen LogP contribution in [0.25, 0.3) is 0 Å². The molecule has 23 heavy (non-hydrogen) atoms. The maximum Gasteiger partial charge on any atom is 0.131 e. The van der Waals surface area contributed by atoms with Crippen LogP contribution >= 0.6 is 0 Å². The van der Waals surface area contributed by atoms with Gasteiger partial charge < -0.3 is 15.2 Å². The summed E-state index contributed by atoms with van der Waals surface area (Å²) >= 11 is 0. The number of aryl methyl sites for hydroxylation is 1. The number of imidazole rings is 1. The van der Waals surface area contributed by atoms with Crippen molar-refractivity contribution in [1.82, 2.24) is 24.8 Å². The van der Waals surface area contributed by atoms with Crippen LogP contribution in [0.5, 0.6) is 0 Å². The molecule has 0 saturated carbocycles. The summed E-state index contributed by atoms with van der Waals surface area (Å²) in [7, 11) is 2.03. The number of hydrogen-bond acceptors (Lipinski definition) is 5. The molecule has 6 heteroatoms. The van der Waals surface area contributed by atoms with Gasteiger partial charge in [0, 0.05) is 37.1 Å². The molecule has 1 unspecified atom stereocenters. The van der Waals surface area contributed by atoms with Gasteiger partial charge in [-0.15, -0.1) is 0 Å². The molecule has 1 saturated heterocycles. The zero-order valence-electron chi connectivity index (χ0n) is 14.2. The molecule has 0 radical (unpaired) electrons. The van der Waals surface area contributed by atoms with Crippen LogP contribution in [0.3, 0.4) is 0 Å². The van der Waals surface area contributed by atoms with Crippen LogP contribution in [0.15, 0.2) is 24.8 Å². The summed E-state index contributed by atoms with van der Waals surface area (Å²) in [5, 5.41) is 6.95. The average molecular weight is 314 g/mol. The van der Waals surface area contributed by atoms with Crippen LogP contribution in [0.2, 0.25) is 0 Å². The van der Waals surface area contributed by atoms with Crippen molar-refractivity contribution in [3.8, 4) is 0 Å². The van der Waals surface area contributed by atoms with E-state index < -0.39 is 0 Å². The lowest BCUT2D eigenvalue weighted by atomic mass is 9.94. The lowest BCUT2D eigenvalue weighted by Crippen LogP contribution is -2.27. The number of rotatable bonds is 5. The molecule has 0 amide bonds. The third kappa shape index (κ3) is 3.69. The van der Waals surface area contributed by atoms with Crippen molar-refractivity contribution in [1.29, 1.82) is 0 Å². The second kappa shape index (κ2) is 7.08. The minimum atomic E-state index is 0.130. The fourth-order valence-electron chi connectivity index (χ4n) is 3.16. The van der Waals surface area contributed by atoms with Crippen molar-refractivity contribution in [3.05, 3.63) is 36.3 Å². The summed E-state index contributed by atoms with van der Waals surface area (Å²) in [5.41, 5.74) is 1.14. The highest BCUT2D eigenvalue weighted by Crippen LogP contribution is 2.27. The quantitative estimate of drug-likeness (QED) is 0.887. The molecular weight excluding hydrogens is 288 g/mol. The first-order valence-corrected chi connectivity index (χ1v) is 8.41. The lowest BCUT2D eigenvalue weighted by molar-refractivity contribution is 0.452. The van der Waals surface area contributed by atoms with Crippen molar-refractivity contribution in [2.45, 2.75) is 38.6 Å². The highest BCUT2D eigenvalue weighted by Gasteiger charge is 2.21. The topological polar surface area (TPSA) is 67.7 Å². The summed E-state index contributed by atoms with van der Waals surface area (Å²) in [6.45, 7) is 6.53. The predicted molar refractivity (Wildman–Crippen MR) is 91.3 cm³/mol. The number of aromatic nitrogens is 4. The van der Waals surface area contributed by atoms with E-state index in [0.29, 0.717) is 11.8 Å². The van der Waals surface area contributed by atoms with E-state index in [1.165, 1.54) is 0 Å². The van der Waals surface area contributed by atoms with Crippen molar-refractivity contribution >= 4 is 5.82 Å². The molecule has 2 aromatic rings. The van der Waals surface area contributed by atoms with Crippen LogP contribution in [0.1, 0.15) is 50.2 Å². The molecule has 6 nitrogen and oxygen atoms in total. The molecule has 0 spiro atoms. The Labute approximate surface area is 137 Å². The summed E-state index contributed by atoms with van der Waals surface area (Å²) < 4.78 is 2.06. The average Bonchev–Trinajstić information content (AvgIpc) is 2.99. The van der Waals surface area contributed by atoms with E-state index in [-0.39, 0.29) is 6.04 Å². The maximum atomic E-state index is 4.50. The summed E-state index contributed by atoms with van der Waals surface area (Å²) in [5.74, 6) is 2.86. The molecule has 1 aliphatic rings. The Hall–Kier alpha value is -1.95. The van der Waals surface area contributed by atoms with Crippen LogP contribution in [-0.2, 0) is 7.05 Å². The number of hydrogen-bond donors (Lipinski definition) is 2. The van der Waals surface area contributed by atoms with Gasteiger partial charge in [-0.2, -0.15) is 0 Å². The first-order chi connectivity index (χ1) is 11.1. The van der Waals surface area contributed by atoms with Gasteiger partial charge in [-0.1, -0.05) is 13.8 Å². The molecule has 124 valence electrons. The third-order valence-corrected chi connectivity index (χ3v) is 4.55. The lowest BCUT2D eigenvalue weighted by Gasteiger charge is -2.24. The fraction of sp³-hybridized carbons (Fsp3) is 0.588. The number of anilines is 1. The largest absolute Gasteiger partial charge is 0.360 e. The summed E-state index contributed by atoms with van der Waals surface area (Å²) in [6.07, 6.45) is 7.78. The normalized spacial score (nSPS) is 17.4. The Balaban J connectivity index is 1.79. The molecular formula is C17H26N6. The standard InChI is InChI=1S/C17H26N6/c1-12(2)16(17-19-8-9-23(17)3)22-15-10-14(20-11-21-15)13-4-6-18-7-5-13/h8-13,16,18H,4-7H2,1-3H3,(H,20,21,22). The van der Waals surface area contributed by atoms with E-state index in [2.05, 4.69) is 50.1 Å². The van der Waals surface area contributed by atoms with E-state index in [9.17, 15) is 0 Å². The molecule has 0 bridgehead atoms. The van der Waals surface area contributed by atoms with Gasteiger partial charge in [0.2, 0.25) is 0 Å². The van der Waals surface area contributed by atoms with E-state index in [0.717, 1.165) is 43.3 Å². The molecule has 2 N–H and O–H groups in total. The van der Waals surface area contributed by atoms with Gasteiger partial charge in [0.15, 0.2) is 0 Å².